The topological polar surface area (TPSA) is 59.0 Å². The quantitative estimate of drug-likeness (QED) is 0.528. The molecule has 1 amide bonds. The number of amides is 1. The van der Waals surface area contributed by atoms with Gasteiger partial charge in [0.1, 0.15) is 5.60 Å². The third-order valence-corrected chi connectivity index (χ3v) is 3.83. The van der Waals surface area contributed by atoms with E-state index in [2.05, 4.69) is 3.21 Å². The molecular weight excluding hydrogens is 382 g/mol. The van der Waals surface area contributed by atoms with Crippen LogP contribution in [0.1, 0.15) is 33.6 Å². The van der Waals surface area contributed by atoms with Gasteiger partial charge in [0.2, 0.25) is 0 Å². The molecule has 0 aromatic rings. The Labute approximate surface area is 132 Å². The van der Waals surface area contributed by atoms with Gasteiger partial charge in [-0.2, -0.15) is 3.21 Å². The molecule has 0 atom stereocenters. The average molecular weight is 401 g/mol. The summed E-state index contributed by atoms with van der Waals surface area (Å²) in [5, 5.41) is 0.0244. The van der Waals surface area contributed by atoms with Crippen molar-refractivity contribution in [3.63, 3.8) is 0 Å². The van der Waals surface area contributed by atoms with Crippen LogP contribution in [0.25, 0.3) is 0 Å². The van der Waals surface area contributed by atoms with E-state index in [1.165, 1.54) is 0 Å². The Bertz CT molecular complexity index is 385. The van der Waals surface area contributed by atoms with Crippen LogP contribution in [-0.2, 0) is 9.53 Å². The molecule has 1 aliphatic heterocycles. The van der Waals surface area contributed by atoms with Crippen molar-refractivity contribution in [2.45, 2.75) is 39.2 Å². The number of carbonyl (C=O) groups excluding carboxylic acids is 2. The Morgan fingerprint density at radius 2 is 1.84 bits per heavy atom. The molecule has 1 aliphatic rings. The van der Waals surface area contributed by atoms with Crippen molar-refractivity contribution in [2.24, 2.45) is 9.12 Å². The van der Waals surface area contributed by atoms with Crippen molar-refractivity contribution in [2.75, 3.05) is 13.1 Å². The van der Waals surface area contributed by atoms with Crippen LogP contribution in [-0.4, -0.2) is 40.6 Å². The zero-order chi connectivity index (χ0) is 14.6. The summed E-state index contributed by atoms with van der Waals surface area (Å²) < 4.78 is 8.96. The number of Topliss-reactive ketones (excluding diaryl/α,β-unsaturated/α-hetero) is 1. The van der Waals surface area contributed by atoms with E-state index in [-0.39, 0.29) is 23.0 Å². The van der Waals surface area contributed by atoms with Gasteiger partial charge in [-0.05, 0) is 33.6 Å². The maximum absolute atomic E-state index is 11.8. The number of halogens is 2. The number of carbonyl (C=O) groups is 2. The third kappa shape index (κ3) is 5.25. The molecule has 1 heterocycles. The van der Waals surface area contributed by atoms with Gasteiger partial charge in [-0.1, -0.05) is 11.6 Å². The van der Waals surface area contributed by atoms with Crippen LogP contribution >= 0.6 is 34.5 Å². The highest BCUT2D eigenvalue weighted by molar-refractivity contribution is 14.1. The number of ketones is 1. The summed E-state index contributed by atoms with van der Waals surface area (Å²) in [5.74, 6) is -0.287. The fraction of sp³-hybridized carbons (Fsp3) is 0.750. The van der Waals surface area contributed by atoms with Gasteiger partial charge in [0.25, 0.3) is 0 Å². The van der Waals surface area contributed by atoms with Crippen LogP contribution in [0, 0.1) is 5.92 Å². The molecule has 19 heavy (non-hydrogen) atoms. The zero-order valence-electron chi connectivity index (χ0n) is 11.3. The molecule has 0 aromatic carbocycles. The maximum Gasteiger partial charge on any atom is 0.410 e. The lowest BCUT2D eigenvalue weighted by Crippen LogP contribution is -2.43. The number of likely N-dealkylation sites (tertiary alicyclic amines) is 1. The zero-order valence-corrected chi connectivity index (χ0v) is 14.2. The summed E-state index contributed by atoms with van der Waals surface area (Å²) in [5.41, 5.74) is -0.499. The van der Waals surface area contributed by atoms with Crippen LogP contribution in [0.4, 0.5) is 4.79 Å². The van der Waals surface area contributed by atoms with Crippen molar-refractivity contribution in [3.05, 3.63) is 0 Å². The van der Waals surface area contributed by atoms with E-state index in [0.717, 1.165) is 0 Å². The monoisotopic (exact) mass is 400 g/mol. The van der Waals surface area contributed by atoms with Gasteiger partial charge in [-0.25, -0.2) is 4.79 Å². The van der Waals surface area contributed by atoms with E-state index in [0.29, 0.717) is 25.9 Å². The molecule has 0 bridgehead atoms. The number of hydrogen-bond donors (Lipinski definition) is 0. The molecule has 0 saturated carbocycles. The molecule has 5 nitrogen and oxygen atoms in total. The summed E-state index contributed by atoms with van der Waals surface area (Å²) >= 11 is 7.43. The van der Waals surface area contributed by atoms with Gasteiger partial charge < -0.3 is 9.64 Å². The first-order valence-electron chi connectivity index (χ1n) is 6.11. The highest BCUT2D eigenvalue weighted by Gasteiger charge is 2.31. The second kappa shape index (κ2) is 6.88. The lowest BCUT2D eigenvalue weighted by Gasteiger charge is -2.32. The van der Waals surface area contributed by atoms with E-state index < -0.39 is 5.60 Å². The van der Waals surface area contributed by atoms with Gasteiger partial charge in [0.05, 0.1) is 22.9 Å². The molecule has 1 saturated heterocycles. The van der Waals surface area contributed by atoms with E-state index in [4.69, 9.17) is 16.3 Å². The minimum atomic E-state index is -0.499. The largest absolute Gasteiger partial charge is 0.444 e. The molecule has 0 unspecified atom stereocenters. The second-order valence-electron chi connectivity index (χ2n) is 5.48. The first-order chi connectivity index (χ1) is 8.74. The van der Waals surface area contributed by atoms with Crippen molar-refractivity contribution in [1.82, 2.24) is 4.90 Å². The highest BCUT2D eigenvalue weighted by Crippen LogP contribution is 2.21. The molecule has 0 aromatic heterocycles. The van der Waals surface area contributed by atoms with Crippen LogP contribution in [0.5, 0.6) is 0 Å². The Balaban J connectivity index is 2.49. The second-order valence-corrected chi connectivity index (χ2v) is 6.32. The SMILES string of the molecule is CC(C)(C)OC(=O)N1CCC(C(=O)C(Cl)=NI)CC1. The predicted molar refractivity (Wildman–Crippen MR) is 82.8 cm³/mol. The molecule has 0 radical (unpaired) electrons. The molecule has 0 N–H and O–H groups in total. The summed E-state index contributed by atoms with van der Waals surface area (Å²) in [6, 6.07) is 0. The minimum Gasteiger partial charge on any atom is -0.444 e. The van der Waals surface area contributed by atoms with Crippen LogP contribution in [0.15, 0.2) is 3.21 Å². The van der Waals surface area contributed by atoms with Crippen molar-refractivity contribution >= 4 is 51.5 Å². The third-order valence-electron chi connectivity index (χ3n) is 2.79. The van der Waals surface area contributed by atoms with Crippen molar-refractivity contribution in [3.8, 4) is 0 Å². The van der Waals surface area contributed by atoms with Crippen molar-refractivity contribution < 1.29 is 14.3 Å². The van der Waals surface area contributed by atoms with Gasteiger partial charge in [-0.15, -0.1) is 0 Å². The lowest BCUT2D eigenvalue weighted by molar-refractivity contribution is -0.117. The smallest absolute Gasteiger partial charge is 0.410 e. The Kier molecular flexibility index (Phi) is 6.04. The highest BCUT2D eigenvalue weighted by atomic mass is 127. The lowest BCUT2D eigenvalue weighted by atomic mass is 9.93. The Hall–Kier alpha value is -0.370. The van der Waals surface area contributed by atoms with E-state index in [1.807, 2.05) is 20.8 Å². The summed E-state index contributed by atoms with van der Waals surface area (Å²) in [7, 11) is 0. The van der Waals surface area contributed by atoms with Crippen LogP contribution < -0.4 is 0 Å². The average Bonchev–Trinajstić information content (AvgIpc) is 2.35. The number of rotatable bonds is 2. The maximum atomic E-state index is 11.8. The molecule has 1 rings (SSSR count). The fourth-order valence-electron chi connectivity index (χ4n) is 1.86. The standard InChI is InChI=1S/C12H18ClIN2O3/c1-12(2,3)19-11(18)16-6-4-8(5-7-16)9(17)10(13)15-14/h8H,4-7H2,1-3H3. The Morgan fingerprint density at radius 1 is 1.32 bits per heavy atom. The number of nitrogens with zero attached hydrogens (tertiary/aromatic N) is 2. The molecule has 0 aliphatic carbocycles. The first kappa shape index (κ1) is 16.7. The van der Waals surface area contributed by atoms with E-state index in [1.54, 1.807) is 27.8 Å². The van der Waals surface area contributed by atoms with E-state index >= 15 is 0 Å². The molecular formula is C12H18ClIN2O3. The molecule has 108 valence electrons. The Morgan fingerprint density at radius 3 is 2.26 bits per heavy atom. The van der Waals surface area contributed by atoms with Crippen LogP contribution in [0.3, 0.4) is 0 Å². The normalized spacial score (nSPS) is 18.4. The van der Waals surface area contributed by atoms with Crippen molar-refractivity contribution in [1.29, 1.82) is 0 Å². The summed E-state index contributed by atoms with van der Waals surface area (Å²) in [6.07, 6.45) is 0.869. The number of hydrogen-bond acceptors (Lipinski definition) is 4. The van der Waals surface area contributed by atoms with Crippen LogP contribution in [0.2, 0.25) is 0 Å². The number of ether oxygens (including phenoxy) is 1. The summed E-state index contributed by atoms with van der Waals surface area (Å²) in [6.45, 7) is 6.51. The van der Waals surface area contributed by atoms with E-state index in [9.17, 15) is 9.59 Å². The fourth-order valence-corrected chi connectivity index (χ4v) is 2.25. The van der Waals surface area contributed by atoms with Gasteiger partial charge in [0, 0.05) is 19.0 Å². The number of piperidine rings is 1. The predicted octanol–water partition coefficient (Wildman–Crippen LogP) is 3.19. The summed E-state index contributed by atoms with van der Waals surface area (Å²) in [4.78, 5) is 25.3. The molecule has 0 spiro atoms. The van der Waals surface area contributed by atoms with Gasteiger partial charge in [0.15, 0.2) is 11.0 Å². The van der Waals surface area contributed by atoms with Gasteiger partial charge >= 0.3 is 6.09 Å². The van der Waals surface area contributed by atoms with Gasteiger partial charge in [-0.3, -0.25) is 4.79 Å². The molecule has 1 fully saturated rings. The minimum absolute atomic E-state index is 0.0244. The first-order valence-corrected chi connectivity index (χ1v) is 7.45. The molecule has 7 heteroatoms.